The summed E-state index contributed by atoms with van der Waals surface area (Å²) in [7, 11) is 0. The number of fused-ring (bicyclic) bond motifs is 3. The molecule has 0 saturated carbocycles. The van der Waals surface area contributed by atoms with Gasteiger partial charge in [0.1, 0.15) is 5.82 Å². The molecular weight excluding hydrogens is 734 g/mol. The standard InChI is InChI=1S/C40H41N3O.Pt/c1-24(2)28-12-13-37-35(19-28)36-22-33(27(7)8)34(23-38(36)43(37)39-20-29(25(3)4)14-16-41-39)31-10-9-11-32(18-31)44-40-21-30(26(5)6)15-17-42-40;/h9-17,19-22,24-27H,1-8H3;/q-2;+2. The summed E-state index contributed by atoms with van der Waals surface area (Å²) in [6, 6.07) is 31.0. The predicted molar refractivity (Wildman–Crippen MR) is 182 cm³/mol. The van der Waals surface area contributed by atoms with Crippen molar-refractivity contribution in [2.45, 2.75) is 79.1 Å². The zero-order valence-electron chi connectivity index (χ0n) is 27.4. The molecule has 0 bridgehead atoms. The van der Waals surface area contributed by atoms with Crippen LogP contribution in [0.25, 0.3) is 38.8 Å². The number of ether oxygens (including phenoxy) is 1. The molecule has 3 aromatic carbocycles. The van der Waals surface area contributed by atoms with Gasteiger partial charge in [0.05, 0.1) is 0 Å². The van der Waals surface area contributed by atoms with Crippen molar-refractivity contribution in [1.29, 1.82) is 0 Å². The largest absolute Gasteiger partial charge is 2.00 e. The third-order valence-corrected chi connectivity index (χ3v) is 8.49. The van der Waals surface area contributed by atoms with E-state index in [2.05, 4.69) is 120 Å². The van der Waals surface area contributed by atoms with Crippen LogP contribution < -0.4 is 4.74 Å². The van der Waals surface area contributed by atoms with Crippen LogP contribution in [-0.4, -0.2) is 14.5 Å². The van der Waals surface area contributed by atoms with Crippen LogP contribution in [0.4, 0.5) is 0 Å². The van der Waals surface area contributed by atoms with Gasteiger partial charge in [0.25, 0.3) is 0 Å². The van der Waals surface area contributed by atoms with E-state index in [9.17, 15) is 0 Å². The average molecular weight is 775 g/mol. The van der Waals surface area contributed by atoms with Crippen LogP contribution >= 0.6 is 0 Å². The second-order valence-corrected chi connectivity index (χ2v) is 13.0. The van der Waals surface area contributed by atoms with Crippen LogP contribution in [0, 0.1) is 12.1 Å². The number of pyridine rings is 2. The number of nitrogens with zero attached hydrogens (tertiary/aromatic N) is 3. The van der Waals surface area contributed by atoms with E-state index < -0.39 is 0 Å². The molecule has 232 valence electrons. The summed E-state index contributed by atoms with van der Waals surface area (Å²) in [5.41, 5.74) is 9.11. The molecule has 0 atom stereocenters. The fourth-order valence-electron chi connectivity index (χ4n) is 5.82. The number of benzene rings is 3. The van der Waals surface area contributed by atoms with Gasteiger partial charge in [0.2, 0.25) is 5.88 Å². The van der Waals surface area contributed by atoms with E-state index >= 15 is 0 Å². The van der Waals surface area contributed by atoms with Crippen molar-refractivity contribution < 1.29 is 25.8 Å². The first-order valence-corrected chi connectivity index (χ1v) is 15.8. The van der Waals surface area contributed by atoms with Gasteiger partial charge in [-0.15, -0.1) is 18.2 Å². The van der Waals surface area contributed by atoms with Crippen LogP contribution in [0.15, 0.2) is 79.1 Å². The Bertz CT molecular complexity index is 1970. The molecule has 0 aliphatic rings. The second kappa shape index (κ2) is 13.3. The molecule has 0 N–H and O–H groups in total. The fourth-order valence-corrected chi connectivity index (χ4v) is 5.82. The van der Waals surface area contributed by atoms with Crippen molar-refractivity contribution >= 4 is 21.8 Å². The Hall–Kier alpha value is -3.75. The van der Waals surface area contributed by atoms with E-state index in [1.54, 1.807) is 6.20 Å². The van der Waals surface area contributed by atoms with Gasteiger partial charge in [-0.1, -0.05) is 78.8 Å². The minimum atomic E-state index is 0. The van der Waals surface area contributed by atoms with E-state index in [1.165, 1.54) is 33.0 Å². The molecule has 5 heteroatoms. The first-order valence-electron chi connectivity index (χ1n) is 15.8. The van der Waals surface area contributed by atoms with Gasteiger partial charge < -0.3 is 9.30 Å². The second-order valence-electron chi connectivity index (χ2n) is 13.0. The van der Waals surface area contributed by atoms with Crippen molar-refractivity contribution in [1.82, 2.24) is 14.5 Å². The minimum Gasteiger partial charge on any atom is -0.460 e. The summed E-state index contributed by atoms with van der Waals surface area (Å²) in [4.78, 5) is 9.32. The van der Waals surface area contributed by atoms with Crippen molar-refractivity contribution in [3.05, 3.63) is 114 Å². The summed E-state index contributed by atoms with van der Waals surface area (Å²) < 4.78 is 8.51. The molecular formula is C40H41N3OPt. The third-order valence-electron chi connectivity index (χ3n) is 8.49. The van der Waals surface area contributed by atoms with Gasteiger partial charge in [-0.25, -0.2) is 21.1 Å². The van der Waals surface area contributed by atoms with E-state index in [0.29, 0.717) is 29.4 Å². The third kappa shape index (κ3) is 6.49. The van der Waals surface area contributed by atoms with Gasteiger partial charge in [-0.3, -0.25) is 0 Å². The molecule has 3 aromatic heterocycles. The summed E-state index contributed by atoms with van der Waals surface area (Å²) in [5.74, 6) is 3.62. The van der Waals surface area contributed by atoms with Crippen molar-refractivity contribution in [2.24, 2.45) is 0 Å². The van der Waals surface area contributed by atoms with Gasteiger partial charge >= 0.3 is 21.1 Å². The molecule has 0 radical (unpaired) electrons. The first-order chi connectivity index (χ1) is 21.1. The smallest absolute Gasteiger partial charge is 0.460 e. The van der Waals surface area contributed by atoms with Crippen LogP contribution in [-0.2, 0) is 21.1 Å². The molecule has 0 amide bonds. The monoisotopic (exact) mass is 774 g/mol. The fraction of sp³-hybridized carbons (Fsp3) is 0.300. The topological polar surface area (TPSA) is 39.9 Å². The van der Waals surface area contributed by atoms with Gasteiger partial charge in [0.15, 0.2) is 0 Å². The normalized spacial score (nSPS) is 11.7. The molecule has 0 spiro atoms. The quantitative estimate of drug-likeness (QED) is 0.145. The van der Waals surface area contributed by atoms with Crippen LogP contribution in [0.5, 0.6) is 11.6 Å². The summed E-state index contributed by atoms with van der Waals surface area (Å²) in [5, 5.41) is 2.42. The summed E-state index contributed by atoms with van der Waals surface area (Å²) in [6.45, 7) is 17.8. The van der Waals surface area contributed by atoms with E-state index in [0.717, 1.165) is 28.0 Å². The Kier molecular flexibility index (Phi) is 9.65. The van der Waals surface area contributed by atoms with Crippen LogP contribution in [0.3, 0.4) is 0 Å². The molecule has 0 unspecified atom stereocenters. The zero-order valence-corrected chi connectivity index (χ0v) is 29.7. The predicted octanol–water partition coefficient (Wildman–Crippen LogP) is 11.1. The van der Waals surface area contributed by atoms with Gasteiger partial charge in [-0.2, -0.15) is 23.8 Å². The molecule has 0 fully saturated rings. The maximum absolute atomic E-state index is 6.24. The van der Waals surface area contributed by atoms with E-state index in [4.69, 9.17) is 9.72 Å². The maximum Gasteiger partial charge on any atom is 2.00 e. The summed E-state index contributed by atoms with van der Waals surface area (Å²) in [6.07, 6.45) is 3.73. The maximum atomic E-state index is 6.24. The first kappa shape index (κ1) is 32.6. The summed E-state index contributed by atoms with van der Waals surface area (Å²) >= 11 is 0. The molecule has 3 heterocycles. The Morgan fingerprint density at radius 3 is 2.00 bits per heavy atom. The van der Waals surface area contributed by atoms with E-state index in [-0.39, 0.29) is 27.0 Å². The number of aromatic nitrogens is 3. The van der Waals surface area contributed by atoms with Gasteiger partial charge in [-0.05, 0) is 69.6 Å². The van der Waals surface area contributed by atoms with E-state index in [1.807, 2.05) is 30.5 Å². The van der Waals surface area contributed by atoms with Crippen molar-refractivity contribution in [2.75, 3.05) is 0 Å². The Labute approximate surface area is 282 Å². The number of rotatable bonds is 8. The molecule has 0 saturated heterocycles. The average Bonchev–Trinajstić information content (AvgIpc) is 3.33. The molecule has 6 rings (SSSR count). The Balaban J connectivity index is 0.00000400. The molecule has 6 aromatic rings. The minimum absolute atomic E-state index is 0. The Morgan fingerprint density at radius 2 is 1.31 bits per heavy atom. The van der Waals surface area contributed by atoms with Gasteiger partial charge in [0, 0.05) is 29.7 Å². The zero-order chi connectivity index (χ0) is 31.1. The van der Waals surface area contributed by atoms with Crippen molar-refractivity contribution in [3.8, 4) is 28.6 Å². The molecule has 0 aliphatic heterocycles. The number of hydrogen-bond acceptors (Lipinski definition) is 3. The Morgan fingerprint density at radius 1 is 0.644 bits per heavy atom. The SMILES string of the molecule is CC(C)c1ccnc(Oc2[c-]c(-c3[c-]c4c(cc3C(C)C)c3cc(C(C)C)ccc3n4-c3cc(C(C)C)ccn3)ccc2)c1.[Pt+2]. The van der Waals surface area contributed by atoms with Crippen LogP contribution in [0.1, 0.15) is 101 Å². The number of hydrogen-bond donors (Lipinski definition) is 0. The van der Waals surface area contributed by atoms with Crippen LogP contribution in [0.2, 0.25) is 0 Å². The molecule has 4 nitrogen and oxygen atoms in total. The molecule has 45 heavy (non-hydrogen) atoms. The molecule has 0 aliphatic carbocycles. The van der Waals surface area contributed by atoms with Crippen molar-refractivity contribution in [3.63, 3.8) is 0 Å².